The minimum Gasteiger partial charge on any atom is -0.497 e. The van der Waals surface area contributed by atoms with Crippen molar-refractivity contribution in [1.29, 1.82) is 0 Å². The van der Waals surface area contributed by atoms with Gasteiger partial charge in [-0.25, -0.2) is 8.42 Å². The van der Waals surface area contributed by atoms with E-state index in [1.54, 1.807) is 25.3 Å². The van der Waals surface area contributed by atoms with Crippen LogP contribution in [0.1, 0.15) is 30.5 Å². The van der Waals surface area contributed by atoms with E-state index in [4.69, 9.17) is 16.3 Å². The standard InChI is InChI=1S/C25H27ClN2O4S/c1-4-24(19-8-12-22(32-3)13-9-19)27-25(29)17-28(21-7-5-6-18(2)16-21)33(30,31)23-14-10-20(26)11-15-23/h5-16,24H,4,17H2,1-3H3,(H,27,29)/t24-/m1/s1. The molecule has 3 rings (SSSR count). The van der Waals surface area contributed by atoms with Crippen molar-refractivity contribution in [3.8, 4) is 5.75 Å². The van der Waals surface area contributed by atoms with Crippen LogP contribution in [0.15, 0.2) is 77.7 Å². The van der Waals surface area contributed by atoms with Crippen molar-refractivity contribution in [3.63, 3.8) is 0 Å². The average molecular weight is 487 g/mol. The van der Waals surface area contributed by atoms with Gasteiger partial charge in [0.05, 0.1) is 23.7 Å². The Labute approximate surface area is 200 Å². The first kappa shape index (κ1) is 24.6. The summed E-state index contributed by atoms with van der Waals surface area (Å²) in [5.74, 6) is 0.316. The van der Waals surface area contributed by atoms with Gasteiger partial charge >= 0.3 is 0 Å². The summed E-state index contributed by atoms with van der Waals surface area (Å²) >= 11 is 5.93. The Hall–Kier alpha value is -3.03. The van der Waals surface area contributed by atoms with Crippen LogP contribution in [0.25, 0.3) is 0 Å². The molecule has 0 unspecified atom stereocenters. The molecular formula is C25H27ClN2O4S. The quantitative estimate of drug-likeness (QED) is 0.455. The summed E-state index contributed by atoms with van der Waals surface area (Å²) in [6.45, 7) is 3.46. The Kier molecular flexibility index (Phi) is 8.00. The number of carbonyl (C=O) groups excluding carboxylic acids is 1. The molecule has 0 saturated heterocycles. The van der Waals surface area contributed by atoms with Gasteiger partial charge in [0.15, 0.2) is 0 Å². The maximum Gasteiger partial charge on any atom is 0.264 e. The summed E-state index contributed by atoms with van der Waals surface area (Å²) in [5, 5.41) is 3.39. The van der Waals surface area contributed by atoms with E-state index in [1.807, 2.05) is 44.2 Å². The van der Waals surface area contributed by atoms with Gasteiger partial charge in [-0.1, -0.05) is 42.8 Å². The third kappa shape index (κ3) is 6.06. The first-order chi connectivity index (χ1) is 15.7. The maximum atomic E-state index is 13.5. The highest BCUT2D eigenvalue weighted by Gasteiger charge is 2.28. The molecule has 0 aliphatic carbocycles. The second kappa shape index (κ2) is 10.7. The van der Waals surface area contributed by atoms with E-state index in [-0.39, 0.29) is 17.5 Å². The fraction of sp³-hybridized carbons (Fsp3) is 0.240. The predicted octanol–water partition coefficient (Wildman–Crippen LogP) is 5.12. The number of nitrogens with zero attached hydrogens (tertiary/aromatic N) is 1. The molecule has 0 aliphatic rings. The fourth-order valence-corrected chi connectivity index (χ4v) is 5.00. The molecule has 1 atom stereocenters. The van der Waals surface area contributed by atoms with Gasteiger partial charge in [-0.05, 0) is 73.0 Å². The normalized spacial score (nSPS) is 12.1. The summed E-state index contributed by atoms with van der Waals surface area (Å²) in [5.41, 5.74) is 2.21. The van der Waals surface area contributed by atoms with Crippen molar-refractivity contribution in [2.75, 3.05) is 18.0 Å². The van der Waals surface area contributed by atoms with Crippen LogP contribution in [-0.2, 0) is 14.8 Å². The molecule has 0 radical (unpaired) electrons. The van der Waals surface area contributed by atoms with Crippen LogP contribution in [0.3, 0.4) is 0 Å². The topological polar surface area (TPSA) is 75.7 Å². The zero-order chi connectivity index (χ0) is 24.0. The van der Waals surface area contributed by atoms with Crippen LogP contribution >= 0.6 is 11.6 Å². The van der Waals surface area contributed by atoms with Gasteiger partial charge in [-0.15, -0.1) is 0 Å². The van der Waals surface area contributed by atoms with Gasteiger partial charge < -0.3 is 10.1 Å². The molecule has 8 heteroatoms. The molecule has 0 bridgehead atoms. The van der Waals surface area contributed by atoms with Gasteiger partial charge in [0.25, 0.3) is 10.0 Å². The number of hydrogen-bond acceptors (Lipinski definition) is 4. The molecule has 33 heavy (non-hydrogen) atoms. The van der Waals surface area contributed by atoms with Crippen molar-refractivity contribution in [2.24, 2.45) is 0 Å². The van der Waals surface area contributed by atoms with Crippen molar-refractivity contribution in [2.45, 2.75) is 31.2 Å². The summed E-state index contributed by atoms with van der Waals surface area (Å²) in [4.78, 5) is 13.1. The molecule has 1 amide bonds. The first-order valence-electron chi connectivity index (χ1n) is 10.5. The smallest absolute Gasteiger partial charge is 0.264 e. The lowest BCUT2D eigenvalue weighted by Gasteiger charge is -2.26. The minimum atomic E-state index is -4.00. The fourth-order valence-electron chi connectivity index (χ4n) is 3.46. The van der Waals surface area contributed by atoms with E-state index < -0.39 is 15.9 Å². The molecule has 1 N–H and O–H groups in total. The molecule has 0 aliphatic heterocycles. The highest BCUT2D eigenvalue weighted by molar-refractivity contribution is 7.92. The van der Waals surface area contributed by atoms with Gasteiger partial charge in [0, 0.05) is 5.02 Å². The highest BCUT2D eigenvalue weighted by atomic mass is 35.5. The molecule has 174 valence electrons. The van der Waals surface area contributed by atoms with E-state index in [0.29, 0.717) is 17.1 Å². The molecule has 0 aromatic heterocycles. The number of methoxy groups -OCH3 is 1. The third-order valence-corrected chi connectivity index (χ3v) is 7.28. The second-order valence-electron chi connectivity index (χ2n) is 7.61. The van der Waals surface area contributed by atoms with Crippen molar-refractivity contribution in [3.05, 3.63) is 88.9 Å². The number of halogens is 1. The van der Waals surface area contributed by atoms with Gasteiger partial charge in [0.2, 0.25) is 5.91 Å². The number of aryl methyl sites for hydroxylation is 1. The number of anilines is 1. The average Bonchev–Trinajstić information content (AvgIpc) is 2.81. The lowest BCUT2D eigenvalue weighted by Crippen LogP contribution is -2.42. The van der Waals surface area contributed by atoms with E-state index in [1.165, 1.54) is 24.3 Å². The molecule has 0 saturated carbocycles. The number of amides is 1. The summed E-state index contributed by atoms with van der Waals surface area (Å²) < 4.78 is 33.3. The van der Waals surface area contributed by atoms with Crippen LogP contribution in [-0.4, -0.2) is 28.0 Å². The summed E-state index contributed by atoms with van der Waals surface area (Å²) in [7, 11) is -2.41. The molecule has 3 aromatic rings. The number of nitrogens with one attached hydrogen (secondary N) is 1. The number of sulfonamides is 1. The van der Waals surface area contributed by atoms with Crippen LogP contribution in [0, 0.1) is 6.92 Å². The maximum absolute atomic E-state index is 13.5. The first-order valence-corrected chi connectivity index (χ1v) is 12.3. The number of hydrogen-bond donors (Lipinski definition) is 1. The van der Waals surface area contributed by atoms with Gasteiger partial charge in [-0.2, -0.15) is 0 Å². The van der Waals surface area contributed by atoms with E-state index in [2.05, 4.69) is 5.32 Å². The number of rotatable bonds is 9. The molecule has 0 fully saturated rings. The second-order valence-corrected chi connectivity index (χ2v) is 9.90. The van der Waals surface area contributed by atoms with Gasteiger partial charge in [0.1, 0.15) is 12.3 Å². The lowest BCUT2D eigenvalue weighted by molar-refractivity contribution is -0.120. The molecule has 0 spiro atoms. The largest absolute Gasteiger partial charge is 0.497 e. The molecule has 0 heterocycles. The van der Waals surface area contributed by atoms with Crippen molar-refractivity contribution >= 4 is 33.2 Å². The SMILES string of the molecule is CC[C@@H](NC(=O)CN(c1cccc(C)c1)S(=O)(=O)c1ccc(Cl)cc1)c1ccc(OC)cc1. The Bertz CT molecular complexity index is 1200. The van der Waals surface area contributed by atoms with Crippen LogP contribution in [0.5, 0.6) is 5.75 Å². The Morgan fingerprint density at radius 3 is 2.30 bits per heavy atom. The minimum absolute atomic E-state index is 0.0587. The monoisotopic (exact) mass is 486 g/mol. The zero-order valence-corrected chi connectivity index (χ0v) is 20.4. The van der Waals surface area contributed by atoms with Crippen molar-refractivity contribution in [1.82, 2.24) is 5.32 Å². The lowest BCUT2D eigenvalue weighted by atomic mass is 10.0. The van der Waals surface area contributed by atoms with E-state index in [9.17, 15) is 13.2 Å². The zero-order valence-electron chi connectivity index (χ0n) is 18.8. The van der Waals surface area contributed by atoms with E-state index in [0.717, 1.165) is 21.2 Å². The molecule has 3 aromatic carbocycles. The Balaban J connectivity index is 1.89. The van der Waals surface area contributed by atoms with Crippen LogP contribution < -0.4 is 14.4 Å². The van der Waals surface area contributed by atoms with Crippen LogP contribution in [0.2, 0.25) is 5.02 Å². The number of ether oxygens (including phenoxy) is 1. The Morgan fingerprint density at radius 1 is 1.06 bits per heavy atom. The summed E-state index contributed by atoms with van der Waals surface area (Å²) in [6.07, 6.45) is 0.645. The Morgan fingerprint density at radius 2 is 1.73 bits per heavy atom. The number of benzene rings is 3. The van der Waals surface area contributed by atoms with E-state index >= 15 is 0 Å². The molecular weight excluding hydrogens is 460 g/mol. The van der Waals surface area contributed by atoms with Crippen molar-refractivity contribution < 1.29 is 17.9 Å². The number of carbonyl (C=O) groups is 1. The summed E-state index contributed by atoms with van der Waals surface area (Å²) in [6, 6.07) is 20.1. The highest BCUT2D eigenvalue weighted by Crippen LogP contribution is 2.26. The molecule has 6 nitrogen and oxygen atoms in total. The third-order valence-electron chi connectivity index (χ3n) is 5.24. The van der Waals surface area contributed by atoms with Crippen LogP contribution in [0.4, 0.5) is 5.69 Å². The predicted molar refractivity (Wildman–Crippen MR) is 131 cm³/mol. The van der Waals surface area contributed by atoms with Gasteiger partial charge in [-0.3, -0.25) is 9.10 Å².